The first-order valence-corrected chi connectivity index (χ1v) is 9.52. The van der Waals surface area contributed by atoms with Gasteiger partial charge < -0.3 is 14.8 Å². The fourth-order valence-electron chi connectivity index (χ4n) is 3.51. The predicted molar refractivity (Wildman–Crippen MR) is 111 cm³/mol. The molecule has 1 aliphatic rings. The van der Waals surface area contributed by atoms with Gasteiger partial charge in [0.1, 0.15) is 16.3 Å². The topological polar surface area (TPSA) is 65.4 Å². The highest BCUT2D eigenvalue weighted by Crippen LogP contribution is 2.38. The predicted octanol–water partition coefficient (Wildman–Crippen LogP) is 3.49. The summed E-state index contributed by atoms with van der Waals surface area (Å²) in [4.78, 5) is 18.6. The molecule has 0 radical (unpaired) electrons. The van der Waals surface area contributed by atoms with Crippen LogP contribution in [0.3, 0.4) is 0 Å². The summed E-state index contributed by atoms with van der Waals surface area (Å²) in [5, 5.41) is 5.99. The second kappa shape index (κ2) is 8.29. The molecule has 144 valence electrons. The molecule has 0 atom stereocenters. The van der Waals surface area contributed by atoms with Crippen molar-refractivity contribution in [2.45, 2.75) is 18.9 Å². The molecule has 0 aliphatic carbocycles. The lowest BCUT2D eigenvalue weighted by atomic mass is 10.0. The van der Waals surface area contributed by atoms with Crippen LogP contribution in [0.2, 0.25) is 0 Å². The summed E-state index contributed by atoms with van der Waals surface area (Å²) >= 11 is 1.48. The molecule has 0 bridgehead atoms. The Labute approximate surface area is 167 Å². The zero-order valence-electron chi connectivity index (χ0n) is 15.2. The van der Waals surface area contributed by atoms with Gasteiger partial charge in [-0.1, -0.05) is 0 Å². The van der Waals surface area contributed by atoms with E-state index in [1.807, 2.05) is 23.6 Å². The van der Waals surface area contributed by atoms with Gasteiger partial charge in [0.15, 0.2) is 0 Å². The minimum Gasteiger partial charge on any atom is -0.497 e. The first-order chi connectivity index (χ1) is 12.7. The molecule has 1 N–H and O–H groups in total. The van der Waals surface area contributed by atoms with E-state index in [0.29, 0.717) is 11.1 Å². The van der Waals surface area contributed by atoms with Crippen LogP contribution in [0.5, 0.6) is 11.5 Å². The van der Waals surface area contributed by atoms with Gasteiger partial charge in [-0.2, -0.15) is 0 Å². The number of nitrogens with one attached hydrogen (secondary N) is 1. The van der Waals surface area contributed by atoms with E-state index in [4.69, 9.17) is 9.47 Å². The van der Waals surface area contributed by atoms with E-state index in [-0.39, 0.29) is 24.0 Å². The minimum absolute atomic E-state index is 0. The van der Waals surface area contributed by atoms with Crippen LogP contribution in [0.1, 0.15) is 18.9 Å². The number of aromatic nitrogens is 2. The Kier molecular flexibility index (Phi) is 6.04. The zero-order chi connectivity index (χ0) is 18.1. The number of ether oxygens (including phenoxy) is 2. The molecule has 0 saturated carbocycles. The van der Waals surface area contributed by atoms with Crippen LogP contribution in [-0.2, 0) is 0 Å². The van der Waals surface area contributed by atoms with Gasteiger partial charge >= 0.3 is 0 Å². The number of rotatable bonds is 4. The van der Waals surface area contributed by atoms with Crippen molar-refractivity contribution < 1.29 is 9.47 Å². The number of hydrogen-bond acceptors (Lipinski definition) is 6. The maximum atomic E-state index is 13.2. The molecule has 0 amide bonds. The molecule has 3 aromatic rings. The highest BCUT2D eigenvalue weighted by atomic mass is 35.5. The Bertz CT molecular complexity index is 996. The highest BCUT2D eigenvalue weighted by molar-refractivity contribution is 7.17. The van der Waals surface area contributed by atoms with Gasteiger partial charge in [-0.05, 0) is 38.1 Å². The molecule has 8 heteroatoms. The molecule has 1 fully saturated rings. The van der Waals surface area contributed by atoms with E-state index in [2.05, 4.69) is 10.3 Å². The Hall–Kier alpha value is -2.09. The Morgan fingerprint density at radius 2 is 1.96 bits per heavy atom. The monoisotopic (exact) mass is 407 g/mol. The summed E-state index contributed by atoms with van der Waals surface area (Å²) in [5.74, 6) is 1.40. The number of hydrogen-bond donors (Lipinski definition) is 1. The molecule has 0 unspecified atom stereocenters. The van der Waals surface area contributed by atoms with E-state index >= 15 is 0 Å². The van der Waals surface area contributed by atoms with Crippen molar-refractivity contribution in [3.8, 4) is 22.6 Å². The zero-order valence-corrected chi connectivity index (χ0v) is 16.9. The van der Waals surface area contributed by atoms with E-state index in [1.165, 1.54) is 11.3 Å². The number of methoxy groups -OCH3 is 2. The number of fused-ring (bicyclic) bond motifs is 1. The van der Waals surface area contributed by atoms with Gasteiger partial charge in [-0.25, -0.2) is 4.98 Å². The number of halogens is 1. The van der Waals surface area contributed by atoms with E-state index in [1.54, 1.807) is 25.1 Å². The standard InChI is InChI=1S/C19H21N3O3S.ClH/c1-24-13-3-4-14(16(9-13)25-2)15-10-26-18-17(15)19(23)22(11-21-18)12-5-7-20-8-6-12;/h3-4,9-12,20H,5-8H2,1-2H3;1H. The van der Waals surface area contributed by atoms with E-state index in [0.717, 1.165) is 47.6 Å². The van der Waals surface area contributed by atoms with Crippen molar-refractivity contribution in [1.29, 1.82) is 0 Å². The van der Waals surface area contributed by atoms with Gasteiger partial charge in [-0.15, -0.1) is 23.7 Å². The molecule has 6 nitrogen and oxygen atoms in total. The van der Waals surface area contributed by atoms with Crippen molar-refractivity contribution in [3.63, 3.8) is 0 Å². The van der Waals surface area contributed by atoms with Gasteiger partial charge in [0, 0.05) is 28.6 Å². The first kappa shape index (κ1) is 19.7. The second-order valence-electron chi connectivity index (χ2n) is 6.33. The minimum atomic E-state index is 0. The van der Waals surface area contributed by atoms with Crippen LogP contribution in [-0.4, -0.2) is 36.9 Å². The van der Waals surface area contributed by atoms with Gasteiger partial charge in [-0.3, -0.25) is 9.36 Å². The van der Waals surface area contributed by atoms with Crippen LogP contribution in [0.15, 0.2) is 34.7 Å². The number of thiophene rings is 1. The van der Waals surface area contributed by atoms with Crippen molar-refractivity contribution in [1.82, 2.24) is 14.9 Å². The van der Waals surface area contributed by atoms with Crippen LogP contribution < -0.4 is 20.3 Å². The summed E-state index contributed by atoms with van der Waals surface area (Å²) in [5.41, 5.74) is 1.77. The van der Waals surface area contributed by atoms with Crippen molar-refractivity contribution in [3.05, 3.63) is 40.3 Å². The second-order valence-corrected chi connectivity index (χ2v) is 7.19. The molecular formula is C19H22ClN3O3S. The molecule has 2 aromatic heterocycles. The average molecular weight is 408 g/mol. The fourth-order valence-corrected chi connectivity index (χ4v) is 4.41. The Morgan fingerprint density at radius 1 is 1.19 bits per heavy atom. The summed E-state index contributed by atoms with van der Waals surface area (Å²) in [6.45, 7) is 1.86. The van der Waals surface area contributed by atoms with Gasteiger partial charge in [0.25, 0.3) is 5.56 Å². The molecule has 0 spiro atoms. The van der Waals surface area contributed by atoms with Crippen molar-refractivity contribution in [2.24, 2.45) is 0 Å². The van der Waals surface area contributed by atoms with Crippen molar-refractivity contribution in [2.75, 3.05) is 27.3 Å². The summed E-state index contributed by atoms with van der Waals surface area (Å²) in [7, 11) is 3.24. The normalized spacial score (nSPS) is 14.7. The van der Waals surface area contributed by atoms with Gasteiger partial charge in [0.05, 0.1) is 25.9 Å². The van der Waals surface area contributed by atoms with Crippen molar-refractivity contribution >= 4 is 34.0 Å². The summed E-state index contributed by atoms with van der Waals surface area (Å²) in [6.07, 6.45) is 3.59. The third kappa shape index (κ3) is 3.54. The highest BCUT2D eigenvalue weighted by Gasteiger charge is 2.21. The number of nitrogens with zero attached hydrogens (tertiary/aromatic N) is 2. The maximum Gasteiger partial charge on any atom is 0.262 e. The third-order valence-electron chi connectivity index (χ3n) is 4.92. The SMILES string of the molecule is COc1ccc(-c2csc3ncn(C4CCNCC4)c(=O)c23)c(OC)c1.Cl. The third-order valence-corrected chi connectivity index (χ3v) is 5.81. The quantitative estimate of drug-likeness (QED) is 0.717. The van der Waals surface area contributed by atoms with Crippen LogP contribution in [0.25, 0.3) is 21.3 Å². The molecule has 1 aromatic carbocycles. The largest absolute Gasteiger partial charge is 0.497 e. The van der Waals surface area contributed by atoms with Crippen LogP contribution >= 0.6 is 23.7 Å². The number of piperidine rings is 1. The smallest absolute Gasteiger partial charge is 0.262 e. The van der Waals surface area contributed by atoms with Crippen LogP contribution in [0, 0.1) is 0 Å². The fraction of sp³-hybridized carbons (Fsp3) is 0.368. The Balaban J connectivity index is 0.00000210. The lowest BCUT2D eigenvalue weighted by molar-refractivity contribution is 0.359. The molecule has 4 rings (SSSR count). The van der Waals surface area contributed by atoms with E-state index < -0.39 is 0 Å². The summed E-state index contributed by atoms with van der Waals surface area (Å²) < 4.78 is 12.6. The van der Waals surface area contributed by atoms with E-state index in [9.17, 15) is 4.79 Å². The van der Waals surface area contributed by atoms with Gasteiger partial charge in [0.2, 0.25) is 0 Å². The number of benzene rings is 1. The lowest BCUT2D eigenvalue weighted by Crippen LogP contribution is -2.34. The maximum absolute atomic E-state index is 13.2. The molecule has 1 saturated heterocycles. The molecular weight excluding hydrogens is 386 g/mol. The Morgan fingerprint density at radius 3 is 2.67 bits per heavy atom. The molecule has 27 heavy (non-hydrogen) atoms. The lowest BCUT2D eigenvalue weighted by Gasteiger charge is -2.24. The average Bonchev–Trinajstić information content (AvgIpc) is 3.13. The molecule has 1 aliphatic heterocycles. The van der Waals surface area contributed by atoms with Crippen LogP contribution in [0.4, 0.5) is 0 Å². The summed E-state index contributed by atoms with van der Waals surface area (Å²) in [6, 6.07) is 5.84. The molecule has 3 heterocycles. The first-order valence-electron chi connectivity index (χ1n) is 8.64.